The van der Waals surface area contributed by atoms with Crippen molar-refractivity contribution in [3.05, 3.63) is 0 Å². The minimum atomic E-state index is -0.378. The summed E-state index contributed by atoms with van der Waals surface area (Å²) in [6, 6.07) is 0. The summed E-state index contributed by atoms with van der Waals surface area (Å²) < 4.78 is 10.7. The second-order valence-electron chi connectivity index (χ2n) is 4.73. The topological polar surface area (TPSA) is 59.6 Å². The quantitative estimate of drug-likeness (QED) is 0.361. The molecule has 2 N–H and O–H groups in total. The molecule has 0 rings (SSSR count). The van der Waals surface area contributed by atoms with Crippen LogP contribution in [0.5, 0.6) is 0 Å². The summed E-state index contributed by atoms with van der Waals surface area (Å²) in [6.45, 7) is 4.90. The van der Waals surface area contributed by atoms with Crippen LogP contribution in [0.15, 0.2) is 0 Å². The Labute approximate surface area is 128 Å². The lowest BCUT2D eigenvalue weighted by Crippen LogP contribution is -2.33. The molecule has 0 aromatic heterocycles. The van der Waals surface area contributed by atoms with Crippen molar-refractivity contribution in [3.8, 4) is 0 Å². The van der Waals surface area contributed by atoms with E-state index in [4.69, 9.17) is 9.47 Å². The van der Waals surface area contributed by atoms with E-state index in [0.29, 0.717) is 25.5 Å². The molecule has 0 saturated heterocycles. The molecule has 1 amide bonds. The number of carbonyl (C=O) groups is 1. The molecule has 0 aromatic carbocycles. The van der Waals surface area contributed by atoms with Gasteiger partial charge in [-0.1, -0.05) is 19.8 Å². The zero-order valence-electron chi connectivity index (χ0n) is 12.8. The van der Waals surface area contributed by atoms with Crippen LogP contribution in [0.25, 0.3) is 0 Å². The molecule has 5 nitrogen and oxygen atoms in total. The van der Waals surface area contributed by atoms with Gasteiger partial charge < -0.3 is 20.1 Å². The van der Waals surface area contributed by atoms with Crippen LogP contribution in [0, 0.1) is 0 Å². The Balaban J connectivity index is 3.54. The van der Waals surface area contributed by atoms with Gasteiger partial charge in [-0.3, -0.25) is 0 Å². The first kappa shape index (κ1) is 19.5. The van der Waals surface area contributed by atoms with Crippen molar-refractivity contribution in [1.29, 1.82) is 0 Å². The lowest BCUT2D eigenvalue weighted by molar-refractivity contribution is 0.0299. The number of unbranched alkanes of at least 4 members (excludes halogenated alkanes) is 3. The molecule has 120 valence electrons. The van der Waals surface area contributed by atoms with Gasteiger partial charge in [-0.05, 0) is 32.9 Å². The van der Waals surface area contributed by atoms with E-state index >= 15 is 0 Å². The molecule has 0 saturated carbocycles. The number of amides is 1. The summed E-state index contributed by atoms with van der Waals surface area (Å²) in [5.41, 5.74) is 0. The van der Waals surface area contributed by atoms with Gasteiger partial charge in [-0.2, -0.15) is 12.6 Å². The van der Waals surface area contributed by atoms with Crippen LogP contribution in [0.4, 0.5) is 4.79 Å². The lowest BCUT2D eigenvalue weighted by Gasteiger charge is -2.16. The Kier molecular flexibility index (Phi) is 14.6. The van der Waals surface area contributed by atoms with Gasteiger partial charge in [0.05, 0.1) is 6.61 Å². The molecular weight excluding hydrogens is 276 g/mol. The third-order valence-corrected chi connectivity index (χ3v) is 3.20. The van der Waals surface area contributed by atoms with Gasteiger partial charge >= 0.3 is 6.09 Å². The molecule has 0 radical (unpaired) electrons. The van der Waals surface area contributed by atoms with Crippen molar-refractivity contribution >= 4 is 18.7 Å². The summed E-state index contributed by atoms with van der Waals surface area (Å²) in [7, 11) is 1.94. The maximum absolute atomic E-state index is 11.6. The van der Waals surface area contributed by atoms with E-state index in [1.54, 1.807) is 0 Å². The first-order chi connectivity index (χ1) is 9.74. The molecule has 0 aliphatic rings. The molecule has 0 aliphatic heterocycles. The maximum atomic E-state index is 11.6. The number of rotatable bonds is 13. The second-order valence-corrected chi connectivity index (χ2v) is 5.09. The van der Waals surface area contributed by atoms with Gasteiger partial charge in [0.15, 0.2) is 0 Å². The predicted octanol–water partition coefficient (Wildman–Crippen LogP) is 2.22. The first-order valence-electron chi connectivity index (χ1n) is 7.52. The second kappa shape index (κ2) is 14.9. The molecule has 6 heteroatoms. The molecule has 1 unspecified atom stereocenters. The van der Waals surface area contributed by atoms with Crippen molar-refractivity contribution in [2.24, 2.45) is 0 Å². The Hall–Kier alpha value is -0.460. The lowest BCUT2D eigenvalue weighted by atomic mass is 10.2. The average Bonchev–Trinajstić information content (AvgIpc) is 2.46. The van der Waals surface area contributed by atoms with Crippen LogP contribution in [0.3, 0.4) is 0 Å². The number of carbonyl (C=O) groups excluding carboxylic acids is 1. The van der Waals surface area contributed by atoms with E-state index in [9.17, 15) is 4.79 Å². The summed E-state index contributed by atoms with van der Waals surface area (Å²) in [4.78, 5) is 11.6. The predicted molar refractivity (Wildman–Crippen MR) is 85.6 cm³/mol. The summed E-state index contributed by atoms with van der Waals surface area (Å²) >= 11 is 4.17. The van der Waals surface area contributed by atoms with Crippen LogP contribution in [0.2, 0.25) is 0 Å². The van der Waals surface area contributed by atoms with Gasteiger partial charge in [-0.15, -0.1) is 0 Å². The van der Waals surface area contributed by atoms with Crippen LogP contribution < -0.4 is 10.6 Å². The minimum absolute atomic E-state index is 0.278. The molecule has 1 atom stereocenters. The van der Waals surface area contributed by atoms with E-state index < -0.39 is 0 Å². The molecule has 0 aromatic rings. The van der Waals surface area contributed by atoms with Gasteiger partial charge in [-0.25, -0.2) is 4.79 Å². The first-order valence-corrected chi connectivity index (χ1v) is 8.15. The summed E-state index contributed by atoms with van der Waals surface area (Å²) in [6.07, 6.45) is 4.65. The molecule has 0 bridgehead atoms. The standard InChI is InChI=1S/C14H30N2O3S/c1-3-4-10-18-11-13(12-20)19-14(17)16-9-7-5-6-8-15-2/h13,15,20H,3-12H2,1-2H3,(H,16,17). The maximum Gasteiger partial charge on any atom is 0.407 e. The van der Waals surface area contributed by atoms with E-state index in [1.807, 2.05) is 7.05 Å². The fraction of sp³-hybridized carbons (Fsp3) is 0.929. The average molecular weight is 306 g/mol. The SMILES string of the molecule is CCCCOCC(CS)OC(=O)NCCCCCNC. The third kappa shape index (κ3) is 12.6. The van der Waals surface area contributed by atoms with Crippen LogP contribution in [0.1, 0.15) is 39.0 Å². The highest BCUT2D eigenvalue weighted by atomic mass is 32.1. The molecule has 0 aliphatic carbocycles. The van der Waals surface area contributed by atoms with E-state index in [-0.39, 0.29) is 12.2 Å². The van der Waals surface area contributed by atoms with E-state index in [1.165, 1.54) is 0 Å². The van der Waals surface area contributed by atoms with Crippen LogP contribution >= 0.6 is 12.6 Å². The number of thiol groups is 1. The molecule has 0 heterocycles. The van der Waals surface area contributed by atoms with Crippen molar-refractivity contribution in [2.75, 3.05) is 39.1 Å². The van der Waals surface area contributed by atoms with Crippen molar-refractivity contribution in [2.45, 2.75) is 45.1 Å². The fourth-order valence-corrected chi connectivity index (χ4v) is 1.75. The highest BCUT2D eigenvalue weighted by Crippen LogP contribution is 1.99. The number of hydrogen-bond acceptors (Lipinski definition) is 5. The highest BCUT2D eigenvalue weighted by Gasteiger charge is 2.12. The number of ether oxygens (including phenoxy) is 2. The smallest absolute Gasteiger partial charge is 0.407 e. The third-order valence-electron chi connectivity index (χ3n) is 2.80. The fourth-order valence-electron chi connectivity index (χ4n) is 1.57. The molecule has 0 spiro atoms. The highest BCUT2D eigenvalue weighted by molar-refractivity contribution is 7.80. The Morgan fingerprint density at radius 2 is 1.95 bits per heavy atom. The van der Waals surface area contributed by atoms with Crippen molar-refractivity contribution in [1.82, 2.24) is 10.6 Å². The number of nitrogens with one attached hydrogen (secondary N) is 2. The Bertz CT molecular complexity index is 230. The van der Waals surface area contributed by atoms with E-state index in [0.717, 1.165) is 38.6 Å². The monoisotopic (exact) mass is 306 g/mol. The van der Waals surface area contributed by atoms with Gasteiger partial charge in [0.25, 0.3) is 0 Å². The molecule has 20 heavy (non-hydrogen) atoms. The molecule has 0 fully saturated rings. The Morgan fingerprint density at radius 1 is 1.20 bits per heavy atom. The van der Waals surface area contributed by atoms with Crippen molar-refractivity contribution in [3.63, 3.8) is 0 Å². The van der Waals surface area contributed by atoms with Gasteiger partial charge in [0.1, 0.15) is 6.10 Å². The summed E-state index contributed by atoms with van der Waals surface area (Å²) in [5, 5.41) is 5.85. The van der Waals surface area contributed by atoms with Crippen LogP contribution in [-0.4, -0.2) is 51.3 Å². The zero-order valence-corrected chi connectivity index (χ0v) is 13.7. The van der Waals surface area contributed by atoms with E-state index in [2.05, 4.69) is 30.2 Å². The zero-order chi connectivity index (χ0) is 15.1. The van der Waals surface area contributed by atoms with Crippen molar-refractivity contribution < 1.29 is 14.3 Å². The number of hydrogen-bond donors (Lipinski definition) is 3. The summed E-state index contributed by atoms with van der Waals surface area (Å²) in [5.74, 6) is 0.474. The van der Waals surface area contributed by atoms with Gasteiger partial charge in [0, 0.05) is 18.9 Å². The largest absolute Gasteiger partial charge is 0.443 e. The van der Waals surface area contributed by atoms with Crippen LogP contribution in [-0.2, 0) is 9.47 Å². The molecular formula is C14H30N2O3S. The minimum Gasteiger partial charge on any atom is -0.443 e. The Morgan fingerprint density at radius 3 is 2.60 bits per heavy atom. The number of alkyl carbamates (subject to hydrolysis) is 1. The normalized spacial score (nSPS) is 12.2. The van der Waals surface area contributed by atoms with Gasteiger partial charge in [0.2, 0.25) is 0 Å².